The molecule has 7 heteroatoms. The SMILES string of the molecule is O=C(COc1ccc(N2CCCC2=O)cc1)NC(CN1CCCC1=O)c1ccccc1. The van der Waals surface area contributed by atoms with Gasteiger partial charge in [0.05, 0.1) is 6.04 Å². The molecule has 2 fully saturated rings. The number of carbonyl (C=O) groups excluding carboxylic acids is 3. The van der Waals surface area contributed by atoms with Crippen LogP contribution in [0.15, 0.2) is 54.6 Å². The minimum absolute atomic E-state index is 0.126. The molecule has 2 aromatic carbocycles. The molecule has 7 nitrogen and oxygen atoms in total. The summed E-state index contributed by atoms with van der Waals surface area (Å²) in [5.74, 6) is 0.579. The number of hydrogen-bond donors (Lipinski definition) is 1. The molecule has 31 heavy (non-hydrogen) atoms. The summed E-state index contributed by atoms with van der Waals surface area (Å²) < 4.78 is 5.64. The smallest absolute Gasteiger partial charge is 0.258 e. The molecule has 1 atom stereocenters. The number of ether oxygens (including phenoxy) is 1. The van der Waals surface area contributed by atoms with E-state index in [1.165, 1.54) is 0 Å². The summed E-state index contributed by atoms with van der Waals surface area (Å²) in [5.41, 5.74) is 1.80. The van der Waals surface area contributed by atoms with Gasteiger partial charge in [-0.05, 0) is 42.7 Å². The number of rotatable bonds is 8. The fourth-order valence-corrected chi connectivity index (χ4v) is 4.07. The highest BCUT2D eigenvalue weighted by atomic mass is 16.5. The maximum Gasteiger partial charge on any atom is 0.258 e. The maximum atomic E-state index is 12.6. The summed E-state index contributed by atoms with van der Waals surface area (Å²) in [7, 11) is 0. The Hall–Kier alpha value is -3.35. The van der Waals surface area contributed by atoms with Crippen LogP contribution in [-0.2, 0) is 14.4 Å². The Balaban J connectivity index is 1.34. The lowest BCUT2D eigenvalue weighted by atomic mass is 10.1. The monoisotopic (exact) mass is 421 g/mol. The van der Waals surface area contributed by atoms with Crippen molar-refractivity contribution in [1.29, 1.82) is 0 Å². The molecule has 0 saturated carbocycles. The van der Waals surface area contributed by atoms with Gasteiger partial charge in [0.25, 0.3) is 5.91 Å². The van der Waals surface area contributed by atoms with Crippen LogP contribution in [0.5, 0.6) is 5.75 Å². The molecule has 2 aromatic rings. The van der Waals surface area contributed by atoms with Gasteiger partial charge < -0.3 is 19.9 Å². The molecule has 1 N–H and O–H groups in total. The van der Waals surface area contributed by atoms with Gasteiger partial charge in [-0.3, -0.25) is 14.4 Å². The Kier molecular flexibility index (Phi) is 6.50. The third-order valence-electron chi connectivity index (χ3n) is 5.70. The summed E-state index contributed by atoms with van der Waals surface area (Å²) >= 11 is 0. The van der Waals surface area contributed by atoms with Gasteiger partial charge in [0, 0.05) is 38.2 Å². The van der Waals surface area contributed by atoms with Gasteiger partial charge in [-0.15, -0.1) is 0 Å². The molecule has 3 amide bonds. The number of hydrogen-bond acceptors (Lipinski definition) is 4. The van der Waals surface area contributed by atoms with Crippen LogP contribution < -0.4 is 15.0 Å². The number of nitrogens with zero attached hydrogens (tertiary/aromatic N) is 2. The molecular formula is C24H27N3O4. The molecule has 2 aliphatic rings. The van der Waals surface area contributed by atoms with Crippen LogP contribution >= 0.6 is 0 Å². The topological polar surface area (TPSA) is 79.0 Å². The highest BCUT2D eigenvalue weighted by Crippen LogP contribution is 2.24. The molecule has 1 unspecified atom stereocenters. The number of likely N-dealkylation sites (tertiary alicyclic amines) is 1. The lowest BCUT2D eigenvalue weighted by Crippen LogP contribution is -2.40. The second-order valence-corrected chi connectivity index (χ2v) is 7.91. The zero-order valence-electron chi connectivity index (χ0n) is 17.5. The molecule has 4 rings (SSSR count). The summed E-state index contributed by atoms with van der Waals surface area (Å²) in [6.07, 6.45) is 2.89. The number of benzene rings is 2. The Morgan fingerprint density at radius 3 is 2.29 bits per heavy atom. The molecule has 0 spiro atoms. The minimum atomic E-state index is -0.289. The van der Waals surface area contributed by atoms with E-state index < -0.39 is 0 Å². The molecule has 0 radical (unpaired) electrons. The van der Waals surface area contributed by atoms with E-state index in [0.29, 0.717) is 25.1 Å². The average molecular weight is 421 g/mol. The van der Waals surface area contributed by atoms with Crippen molar-refractivity contribution < 1.29 is 19.1 Å². The second kappa shape index (κ2) is 9.64. The van der Waals surface area contributed by atoms with Gasteiger partial charge in [0.1, 0.15) is 5.75 Å². The van der Waals surface area contributed by atoms with Crippen molar-refractivity contribution in [1.82, 2.24) is 10.2 Å². The van der Waals surface area contributed by atoms with E-state index >= 15 is 0 Å². The van der Waals surface area contributed by atoms with E-state index in [9.17, 15) is 14.4 Å². The van der Waals surface area contributed by atoms with Gasteiger partial charge >= 0.3 is 0 Å². The predicted molar refractivity (Wildman–Crippen MR) is 117 cm³/mol. The zero-order chi connectivity index (χ0) is 21.6. The number of nitrogens with one attached hydrogen (secondary N) is 1. The van der Waals surface area contributed by atoms with Crippen LogP contribution in [0, 0.1) is 0 Å². The Morgan fingerprint density at radius 2 is 1.65 bits per heavy atom. The predicted octanol–water partition coefficient (Wildman–Crippen LogP) is 2.67. The average Bonchev–Trinajstić information content (AvgIpc) is 3.40. The molecule has 0 aromatic heterocycles. The third-order valence-corrected chi connectivity index (χ3v) is 5.70. The van der Waals surface area contributed by atoms with Crippen molar-refractivity contribution in [2.24, 2.45) is 0 Å². The van der Waals surface area contributed by atoms with Crippen LogP contribution in [0.3, 0.4) is 0 Å². The summed E-state index contributed by atoms with van der Waals surface area (Å²) in [4.78, 5) is 40.0. The summed E-state index contributed by atoms with van der Waals surface area (Å²) in [5, 5.41) is 3.00. The van der Waals surface area contributed by atoms with Crippen LogP contribution in [0.2, 0.25) is 0 Å². The van der Waals surface area contributed by atoms with Gasteiger partial charge in [-0.1, -0.05) is 30.3 Å². The van der Waals surface area contributed by atoms with Gasteiger partial charge in [0.2, 0.25) is 11.8 Å². The van der Waals surface area contributed by atoms with Crippen LogP contribution in [0.25, 0.3) is 0 Å². The maximum absolute atomic E-state index is 12.6. The van der Waals surface area contributed by atoms with Crippen molar-refractivity contribution in [3.63, 3.8) is 0 Å². The Labute approximate surface area is 182 Å². The van der Waals surface area contributed by atoms with E-state index in [2.05, 4.69) is 5.32 Å². The van der Waals surface area contributed by atoms with E-state index in [-0.39, 0.29) is 30.4 Å². The normalized spacial score (nSPS) is 17.2. The number of amides is 3. The third kappa shape index (κ3) is 5.23. The molecule has 0 bridgehead atoms. The van der Waals surface area contributed by atoms with E-state index in [1.807, 2.05) is 42.5 Å². The molecule has 162 valence electrons. The first-order chi connectivity index (χ1) is 15.1. The van der Waals surface area contributed by atoms with Gasteiger partial charge in [0.15, 0.2) is 6.61 Å². The number of carbonyl (C=O) groups is 3. The highest BCUT2D eigenvalue weighted by molar-refractivity contribution is 5.95. The van der Waals surface area contributed by atoms with E-state index in [0.717, 1.165) is 37.2 Å². The Morgan fingerprint density at radius 1 is 0.935 bits per heavy atom. The first kappa shape index (κ1) is 20.9. The van der Waals surface area contributed by atoms with Crippen molar-refractivity contribution in [2.45, 2.75) is 31.7 Å². The fourth-order valence-electron chi connectivity index (χ4n) is 4.07. The van der Waals surface area contributed by atoms with Crippen molar-refractivity contribution in [3.8, 4) is 5.75 Å². The zero-order valence-corrected chi connectivity index (χ0v) is 17.5. The molecular weight excluding hydrogens is 394 g/mol. The van der Waals surface area contributed by atoms with Gasteiger partial charge in [-0.25, -0.2) is 0 Å². The van der Waals surface area contributed by atoms with Crippen molar-refractivity contribution >= 4 is 23.4 Å². The van der Waals surface area contributed by atoms with Gasteiger partial charge in [-0.2, -0.15) is 0 Å². The fraction of sp³-hybridized carbons (Fsp3) is 0.375. The van der Waals surface area contributed by atoms with Crippen LogP contribution in [0.1, 0.15) is 37.3 Å². The largest absolute Gasteiger partial charge is 0.484 e. The highest BCUT2D eigenvalue weighted by Gasteiger charge is 2.25. The van der Waals surface area contributed by atoms with E-state index in [1.54, 1.807) is 21.9 Å². The minimum Gasteiger partial charge on any atom is -0.484 e. The molecule has 0 aliphatic carbocycles. The van der Waals surface area contributed by atoms with Crippen LogP contribution in [0.4, 0.5) is 5.69 Å². The lowest BCUT2D eigenvalue weighted by Gasteiger charge is -2.25. The van der Waals surface area contributed by atoms with E-state index in [4.69, 9.17) is 4.74 Å². The van der Waals surface area contributed by atoms with Crippen molar-refractivity contribution in [2.75, 3.05) is 31.1 Å². The Bertz CT molecular complexity index is 930. The van der Waals surface area contributed by atoms with Crippen LogP contribution in [-0.4, -0.2) is 48.9 Å². The quantitative estimate of drug-likeness (QED) is 0.711. The molecule has 2 aliphatic heterocycles. The molecule has 2 heterocycles. The standard InChI is InChI=1S/C24H27N3O4/c28-22(17-31-20-12-10-19(11-13-20)27-15-5-9-24(27)30)25-21(18-6-2-1-3-7-18)16-26-14-4-8-23(26)29/h1-3,6-7,10-13,21H,4-5,8-9,14-17H2,(H,25,28). The lowest BCUT2D eigenvalue weighted by molar-refractivity contribution is -0.129. The number of anilines is 1. The first-order valence-corrected chi connectivity index (χ1v) is 10.8. The molecule has 2 saturated heterocycles. The van der Waals surface area contributed by atoms with Crippen molar-refractivity contribution in [3.05, 3.63) is 60.2 Å². The first-order valence-electron chi connectivity index (χ1n) is 10.8. The second-order valence-electron chi connectivity index (χ2n) is 7.91. The summed E-state index contributed by atoms with van der Waals surface area (Å²) in [6, 6.07) is 16.6. The summed E-state index contributed by atoms with van der Waals surface area (Å²) in [6.45, 7) is 1.79.